The summed E-state index contributed by atoms with van der Waals surface area (Å²) in [7, 11) is 0. The van der Waals surface area contributed by atoms with Gasteiger partial charge in [0.2, 0.25) is 0 Å². The van der Waals surface area contributed by atoms with E-state index >= 15 is 0 Å². The number of hydrogen-bond acceptors (Lipinski definition) is 5. The largest absolute Gasteiger partial charge is 0.573 e. The number of thioether (sulfide) groups is 1. The molecule has 1 aliphatic heterocycles. The van der Waals surface area contributed by atoms with Gasteiger partial charge < -0.3 is 15.0 Å². The summed E-state index contributed by atoms with van der Waals surface area (Å²) in [4.78, 5) is 23.8. The van der Waals surface area contributed by atoms with E-state index in [0.717, 1.165) is 34.7 Å². The summed E-state index contributed by atoms with van der Waals surface area (Å²) in [6, 6.07) is 18.5. The van der Waals surface area contributed by atoms with Crippen LogP contribution in [0.25, 0.3) is 17.1 Å². The monoisotopic (exact) mass is 608 g/mol. The quantitative estimate of drug-likeness (QED) is 0.232. The summed E-state index contributed by atoms with van der Waals surface area (Å²) in [5, 5.41) is 8.09. The highest BCUT2D eigenvalue weighted by atomic mass is 32.2. The first-order chi connectivity index (χ1) is 20.5. The number of anilines is 1. The third-order valence-electron chi connectivity index (χ3n) is 6.91. The lowest BCUT2D eigenvalue weighted by atomic mass is 9.99. The second-order valence-electron chi connectivity index (χ2n) is 10.5. The van der Waals surface area contributed by atoms with Crippen LogP contribution in [0.2, 0.25) is 0 Å². The Balaban J connectivity index is 1.23. The van der Waals surface area contributed by atoms with Crippen LogP contribution in [-0.4, -0.2) is 44.6 Å². The van der Waals surface area contributed by atoms with Crippen LogP contribution in [0.15, 0.2) is 78.0 Å². The second kappa shape index (κ2) is 12.5. The third-order valence-corrected chi connectivity index (χ3v) is 7.87. The van der Waals surface area contributed by atoms with Crippen LogP contribution in [0.5, 0.6) is 5.75 Å². The van der Waals surface area contributed by atoms with Gasteiger partial charge in [0, 0.05) is 23.5 Å². The fraction of sp³-hybridized carbons (Fsp3) is 0.290. The van der Waals surface area contributed by atoms with Gasteiger partial charge in [-0.15, -0.1) is 18.3 Å². The van der Waals surface area contributed by atoms with Gasteiger partial charge in [-0.1, -0.05) is 62.0 Å². The normalized spacial score (nSPS) is 15.3. The predicted molar refractivity (Wildman–Crippen MR) is 163 cm³/mol. The van der Waals surface area contributed by atoms with Crippen molar-refractivity contribution in [2.75, 3.05) is 17.2 Å². The standard InChI is InChI=1S/C31H31F3N6O2S/c1-19(2)26-14-5-20(3)17-27(26)39-15-16-43-30(39)37-29(41)36-21(4)22-6-8-23(9-7-22)28-35-18-40(38-28)24-10-12-25(13-11-24)42-31(32,33)34/h5-14,17-19,21H,15-16H2,1-4H3,(H,36,41). The average Bonchev–Trinajstić information content (AvgIpc) is 3.63. The maximum absolute atomic E-state index is 12.9. The molecule has 0 aliphatic carbocycles. The average molecular weight is 609 g/mol. The fourth-order valence-corrected chi connectivity index (χ4v) is 5.67. The molecule has 0 radical (unpaired) electrons. The van der Waals surface area contributed by atoms with Gasteiger partial charge in [-0.3, -0.25) is 0 Å². The van der Waals surface area contributed by atoms with E-state index in [0.29, 0.717) is 22.6 Å². The lowest BCUT2D eigenvalue weighted by Crippen LogP contribution is -2.29. The molecule has 3 aromatic carbocycles. The van der Waals surface area contributed by atoms with Gasteiger partial charge in [0.05, 0.1) is 11.7 Å². The van der Waals surface area contributed by atoms with Gasteiger partial charge in [0.1, 0.15) is 12.1 Å². The summed E-state index contributed by atoms with van der Waals surface area (Å²) >= 11 is 1.57. The lowest BCUT2D eigenvalue weighted by molar-refractivity contribution is -0.274. The number of aliphatic imine (C=N–C) groups is 1. The molecule has 1 saturated heterocycles. The molecule has 5 rings (SSSR count). The van der Waals surface area contributed by atoms with Crippen LogP contribution in [0, 0.1) is 6.92 Å². The van der Waals surface area contributed by atoms with E-state index in [4.69, 9.17) is 0 Å². The van der Waals surface area contributed by atoms with Crippen molar-refractivity contribution in [1.82, 2.24) is 20.1 Å². The van der Waals surface area contributed by atoms with E-state index in [1.165, 1.54) is 40.8 Å². The van der Waals surface area contributed by atoms with E-state index in [1.54, 1.807) is 11.8 Å². The van der Waals surface area contributed by atoms with E-state index < -0.39 is 12.4 Å². The Morgan fingerprint density at radius 3 is 2.44 bits per heavy atom. The van der Waals surface area contributed by atoms with Crippen LogP contribution in [0.4, 0.5) is 23.7 Å². The molecule has 43 heavy (non-hydrogen) atoms. The molecule has 2 heterocycles. The molecule has 1 aromatic heterocycles. The van der Waals surface area contributed by atoms with Crippen LogP contribution in [0.1, 0.15) is 49.4 Å². The van der Waals surface area contributed by atoms with Crippen molar-refractivity contribution in [2.45, 2.75) is 46.0 Å². The number of nitrogens with zero attached hydrogens (tertiary/aromatic N) is 5. The van der Waals surface area contributed by atoms with Crippen LogP contribution < -0.4 is 15.0 Å². The maximum atomic E-state index is 12.9. The summed E-state index contributed by atoms with van der Waals surface area (Å²) in [6.45, 7) is 9.07. The van der Waals surface area contributed by atoms with Crippen molar-refractivity contribution in [2.24, 2.45) is 4.99 Å². The smallest absolute Gasteiger partial charge is 0.406 e. The van der Waals surface area contributed by atoms with E-state index in [1.807, 2.05) is 31.2 Å². The van der Waals surface area contributed by atoms with Crippen molar-refractivity contribution >= 4 is 28.6 Å². The molecule has 0 spiro atoms. The Bertz CT molecular complexity index is 1620. The molecule has 12 heteroatoms. The Kier molecular flexibility index (Phi) is 8.77. The minimum atomic E-state index is -4.75. The zero-order chi connectivity index (χ0) is 30.7. The molecule has 2 amide bonds. The SMILES string of the molecule is Cc1ccc(C(C)C)c(N2CCSC2=NC(=O)NC(C)c2ccc(-c3ncn(-c4ccc(OC(F)(F)F)cc4)n3)cc2)c1. The minimum absolute atomic E-state index is 0.293. The molecule has 0 saturated carbocycles. The van der Waals surface area contributed by atoms with Gasteiger partial charge >= 0.3 is 12.4 Å². The maximum Gasteiger partial charge on any atom is 0.573 e. The van der Waals surface area contributed by atoms with Gasteiger partial charge in [-0.2, -0.15) is 4.99 Å². The van der Waals surface area contributed by atoms with Crippen molar-refractivity contribution in [1.29, 1.82) is 0 Å². The van der Waals surface area contributed by atoms with Crippen LogP contribution >= 0.6 is 11.8 Å². The number of alkyl halides is 3. The molecule has 1 unspecified atom stereocenters. The number of rotatable bonds is 7. The fourth-order valence-electron chi connectivity index (χ4n) is 4.72. The van der Waals surface area contributed by atoms with Gasteiger partial charge in [-0.05, 0) is 66.8 Å². The summed E-state index contributed by atoms with van der Waals surface area (Å²) in [6.07, 6.45) is -3.27. The Hall–Kier alpha value is -4.32. The summed E-state index contributed by atoms with van der Waals surface area (Å²) in [5.41, 5.74) is 5.64. The molecule has 4 aromatic rings. The molecule has 1 N–H and O–H groups in total. The van der Waals surface area contributed by atoms with E-state index in [2.05, 4.69) is 69.0 Å². The van der Waals surface area contributed by atoms with Gasteiger partial charge in [-0.25, -0.2) is 14.5 Å². The Labute approximate surface area is 252 Å². The molecular weight excluding hydrogens is 577 g/mol. The van der Waals surface area contributed by atoms with E-state index in [-0.39, 0.29) is 11.8 Å². The number of hydrogen-bond donors (Lipinski definition) is 1. The number of benzene rings is 3. The Morgan fingerprint density at radius 1 is 1.05 bits per heavy atom. The van der Waals surface area contributed by atoms with E-state index in [9.17, 15) is 18.0 Å². The van der Waals surface area contributed by atoms with Crippen molar-refractivity contribution in [3.63, 3.8) is 0 Å². The molecule has 1 atom stereocenters. The molecule has 1 aliphatic rings. The van der Waals surface area contributed by atoms with Gasteiger partial charge in [0.25, 0.3) is 0 Å². The minimum Gasteiger partial charge on any atom is -0.406 e. The van der Waals surface area contributed by atoms with Crippen molar-refractivity contribution in [3.8, 4) is 22.8 Å². The highest BCUT2D eigenvalue weighted by Crippen LogP contribution is 2.33. The zero-order valence-electron chi connectivity index (χ0n) is 24.1. The molecule has 224 valence electrons. The van der Waals surface area contributed by atoms with Gasteiger partial charge in [0.15, 0.2) is 11.0 Å². The Morgan fingerprint density at radius 2 is 1.77 bits per heavy atom. The number of urea groups is 1. The second-order valence-corrected chi connectivity index (χ2v) is 11.5. The van der Waals surface area contributed by atoms with Crippen molar-refractivity contribution in [3.05, 3.63) is 89.7 Å². The molecular formula is C31H31F3N6O2S. The zero-order valence-corrected chi connectivity index (χ0v) is 24.9. The molecule has 8 nitrogen and oxygen atoms in total. The topological polar surface area (TPSA) is 84.6 Å². The number of carbonyl (C=O) groups is 1. The number of ether oxygens (including phenoxy) is 1. The predicted octanol–water partition coefficient (Wildman–Crippen LogP) is 7.64. The number of aromatic nitrogens is 3. The number of halogens is 3. The van der Waals surface area contributed by atoms with Crippen LogP contribution in [0.3, 0.4) is 0 Å². The summed E-state index contributed by atoms with van der Waals surface area (Å²) < 4.78 is 42.6. The first-order valence-corrected chi connectivity index (χ1v) is 14.7. The number of amidine groups is 1. The number of amides is 2. The number of carbonyl (C=O) groups excluding carboxylic acids is 1. The summed E-state index contributed by atoms with van der Waals surface area (Å²) in [5.74, 6) is 1.33. The number of nitrogens with one attached hydrogen (secondary N) is 1. The van der Waals surface area contributed by atoms with Crippen LogP contribution in [-0.2, 0) is 0 Å². The molecule has 1 fully saturated rings. The first-order valence-electron chi connectivity index (χ1n) is 13.7. The van der Waals surface area contributed by atoms with Crippen molar-refractivity contribution < 1.29 is 22.7 Å². The third kappa shape index (κ3) is 7.37. The molecule has 0 bridgehead atoms. The first kappa shape index (κ1) is 30.1. The highest BCUT2D eigenvalue weighted by Gasteiger charge is 2.31. The highest BCUT2D eigenvalue weighted by molar-refractivity contribution is 8.14. The lowest BCUT2D eigenvalue weighted by Gasteiger charge is -2.24. The number of aryl methyl sites for hydroxylation is 1.